The predicted octanol–water partition coefficient (Wildman–Crippen LogP) is 8.13. The zero-order chi connectivity index (χ0) is 33.1. The van der Waals surface area contributed by atoms with Gasteiger partial charge < -0.3 is 29.0 Å². The lowest BCUT2D eigenvalue weighted by Crippen LogP contribution is -2.63. The van der Waals surface area contributed by atoms with Crippen LogP contribution >= 0.6 is 0 Å². The first-order valence-corrected chi connectivity index (χ1v) is 19.1. The second kappa shape index (κ2) is 17.6. The van der Waals surface area contributed by atoms with Gasteiger partial charge in [-0.2, -0.15) is 0 Å². The van der Waals surface area contributed by atoms with E-state index in [0.29, 0.717) is 45.0 Å². The summed E-state index contributed by atoms with van der Waals surface area (Å²) in [5.74, 6) is 2.95. The van der Waals surface area contributed by atoms with Crippen LogP contribution in [0.15, 0.2) is 91.0 Å². The van der Waals surface area contributed by atoms with E-state index in [9.17, 15) is 0 Å². The second-order valence-corrected chi connectivity index (χ2v) is 15.5. The first-order valence-electron chi connectivity index (χ1n) is 19.1. The summed E-state index contributed by atoms with van der Waals surface area (Å²) in [5.41, 5.74) is 3.97. The Morgan fingerprint density at radius 1 is 0.551 bits per heavy atom. The van der Waals surface area contributed by atoms with Gasteiger partial charge in [0, 0.05) is 19.8 Å². The van der Waals surface area contributed by atoms with Crippen LogP contribution in [0.3, 0.4) is 0 Å². The van der Waals surface area contributed by atoms with Gasteiger partial charge in [-0.25, -0.2) is 0 Å². The molecule has 4 bridgehead atoms. The lowest BCUT2D eigenvalue weighted by atomic mass is 9.50. The number of hydrogen-bond acceptors (Lipinski definition) is 6. The molecule has 8 rings (SSSR count). The summed E-state index contributed by atoms with van der Waals surface area (Å²) in [6.07, 6.45) is 11.3. The van der Waals surface area contributed by atoms with E-state index in [0.717, 1.165) is 61.4 Å². The van der Waals surface area contributed by atoms with Gasteiger partial charge in [0.2, 0.25) is 0 Å². The fraction of sp³-hybridized carbons (Fsp3) is 0.581. The molecule has 4 aliphatic carbocycles. The normalized spacial score (nSPS) is 30.5. The lowest BCUT2D eigenvalue weighted by Gasteiger charge is -2.56. The molecule has 0 amide bonds. The molecule has 264 valence electrons. The minimum Gasteiger partial charge on any atom is -0.381 e. The van der Waals surface area contributed by atoms with Crippen molar-refractivity contribution in [3.8, 4) is 0 Å². The van der Waals surface area contributed by atoms with Crippen molar-refractivity contribution in [1.82, 2.24) is 5.32 Å². The molecular formula is C43H57NO5. The van der Waals surface area contributed by atoms with E-state index in [4.69, 9.17) is 23.7 Å². The van der Waals surface area contributed by atoms with Crippen LogP contribution in [-0.4, -0.2) is 57.3 Å². The van der Waals surface area contributed by atoms with Crippen LogP contribution in [0.5, 0.6) is 0 Å². The molecule has 5 aliphatic rings. The standard InChI is InChI=1S/C43H57NO5/c1-5-13-33(14-6-1)28-46-31-39-41(49-30-35-17-9-3-10-18-35)42(40(27-44-39)48-29-34-15-7-2-8-16-34)47-20-12-4-11-19-45-32-43-24-36-21-37(25-43)23-38(22-36)26-43/h1-3,5-10,13-18,36-42,44H,4,11-12,19-32H2/t36?,37?,38?,39-,40+,41-,42-,43?/m1/s1. The summed E-state index contributed by atoms with van der Waals surface area (Å²) in [4.78, 5) is 0. The number of piperidine rings is 1. The minimum atomic E-state index is -0.228. The van der Waals surface area contributed by atoms with Crippen LogP contribution in [0.25, 0.3) is 0 Å². The highest BCUT2D eigenvalue weighted by atomic mass is 16.6. The van der Waals surface area contributed by atoms with Crippen LogP contribution in [-0.2, 0) is 43.5 Å². The lowest BCUT2D eigenvalue weighted by molar-refractivity contribution is -0.177. The summed E-state index contributed by atoms with van der Waals surface area (Å²) >= 11 is 0. The third kappa shape index (κ3) is 9.81. The third-order valence-electron chi connectivity index (χ3n) is 11.5. The molecular weight excluding hydrogens is 610 g/mol. The summed E-state index contributed by atoms with van der Waals surface area (Å²) in [5, 5.41) is 3.71. The first kappa shape index (κ1) is 34.9. The van der Waals surface area contributed by atoms with Gasteiger partial charge in [0.15, 0.2) is 0 Å². The first-order chi connectivity index (χ1) is 24.2. The number of nitrogens with one attached hydrogen (secondary N) is 1. The molecule has 1 N–H and O–H groups in total. The highest BCUT2D eigenvalue weighted by Gasteiger charge is 2.51. The highest BCUT2D eigenvalue weighted by Crippen LogP contribution is 2.60. The van der Waals surface area contributed by atoms with Crippen molar-refractivity contribution in [2.75, 3.05) is 33.0 Å². The average molecular weight is 668 g/mol. The maximum absolute atomic E-state index is 6.76. The fourth-order valence-corrected chi connectivity index (χ4v) is 9.54. The molecule has 4 saturated carbocycles. The van der Waals surface area contributed by atoms with E-state index >= 15 is 0 Å². The largest absolute Gasteiger partial charge is 0.381 e. The zero-order valence-corrected chi connectivity index (χ0v) is 29.3. The van der Waals surface area contributed by atoms with Crippen LogP contribution in [0.2, 0.25) is 0 Å². The molecule has 4 atom stereocenters. The Balaban J connectivity index is 0.932. The van der Waals surface area contributed by atoms with Gasteiger partial charge in [-0.1, -0.05) is 91.0 Å². The Morgan fingerprint density at radius 3 is 1.71 bits per heavy atom. The maximum Gasteiger partial charge on any atom is 0.113 e. The maximum atomic E-state index is 6.76. The van der Waals surface area contributed by atoms with Gasteiger partial charge in [-0.15, -0.1) is 0 Å². The Bertz CT molecular complexity index is 1340. The van der Waals surface area contributed by atoms with Crippen LogP contribution < -0.4 is 5.32 Å². The molecule has 49 heavy (non-hydrogen) atoms. The third-order valence-corrected chi connectivity index (χ3v) is 11.5. The summed E-state index contributed by atoms with van der Waals surface area (Å²) in [6, 6.07) is 31.1. The molecule has 6 nitrogen and oxygen atoms in total. The Labute approximate surface area is 294 Å². The zero-order valence-electron chi connectivity index (χ0n) is 29.3. The van der Waals surface area contributed by atoms with Gasteiger partial charge >= 0.3 is 0 Å². The second-order valence-electron chi connectivity index (χ2n) is 15.5. The molecule has 3 aromatic carbocycles. The number of rotatable bonds is 19. The van der Waals surface area contributed by atoms with E-state index in [2.05, 4.69) is 78.1 Å². The minimum absolute atomic E-state index is 0.0213. The topological polar surface area (TPSA) is 58.2 Å². The molecule has 0 radical (unpaired) electrons. The highest BCUT2D eigenvalue weighted by molar-refractivity contribution is 5.15. The summed E-state index contributed by atoms with van der Waals surface area (Å²) in [7, 11) is 0. The molecule has 0 aromatic heterocycles. The van der Waals surface area contributed by atoms with Crippen molar-refractivity contribution in [2.45, 2.75) is 102 Å². The monoisotopic (exact) mass is 667 g/mol. The molecule has 5 fully saturated rings. The van der Waals surface area contributed by atoms with Crippen molar-refractivity contribution >= 4 is 0 Å². The van der Waals surface area contributed by atoms with E-state index < -0.39 is 0 Å². The van der Waals surface area contributed by atoms with E-state index in [1.165, 1.54) is 44.1 Å². The van der Waals surface area contributed by atoms with Crippen LogP contribution in [0.4, 0.5) is 0 Å². The number of hydrogen-bond donors (Lipinski definition) is 1. The van der Waals surface area contributed by atoms with Crippen molar-refractivity contribution in [3.63, 3.8) is 0 Å². The molecule has 0 unspecified atom stereocenters. The van der Waals surface area contributed by atoms with Crippen molar-refractivity contribution in [2.24, 2.45) is 23.2 Å². The van der Waals surface area contributed by atoms with Gasteiger partial charge in [-0.05, 0) is 97.6 Å². The van der Waals surface area contributed by atoms with Crippen molar-refractivity contribution in [3.05, 3.63) is 108 Å². The number of ether oxygens (including phenoxy) is 5. The Hall–Kier alpha value is -2.58. The van der Waals surface area contributed by atoms with Gasteiger partial charge in [0.05, 0.1) is 45.2 Å². The molecule has 1 saturated heterocycles. The quantitative estimate of drug-likeness (QED) is 0.130. The van der Waals surface area contributed by atoms with E-state index in [1.54, 1.807) is 0 Å². The Morgan fingerprint density at radius 2 is 1.10 bits per heavy atom. The number of unbranched alkanes of at least 4 members (excludes halogenated alkanes) is 2. The Kier molecular flexibility index (Phi) is 12.5. The molecule has 6 heteroatoms. The molecule has 0 spiro atoms. The molecule has 1 aliphatic heterocycles. The number of benzene rings is 3. The summed E-state index contributed by atoms with van der Waals surface area (Å²) < 4.78 is 32.7. The average Bonchev–Trinajstić information content (AvgIpc) is 3.12. The van der Waals surface area contributed by atoms with E-state index in [-0.39, 0.29) is 24.4 Å². The van der Waals surface area contributed by atoms with Gasteiger partial charge in [0.1, 0.15) is 12.2 Å². The van der Waals surface area contributed by atoms with E-state index in [1.807, 2.05) is 18.2 Å². The van der Waals surface area contributed by atoms with Crippen molar-refractivity contribution in [1.29, 1.82) is 0 Å². The SMILES string of the molecule is c1ccc(COC[C@H]2NC[C@H](OCc3ccccc3)[C@@H](OCCCCCOCC34CC5CC(CC(C5)C3)C4)[C@@H]2OCc2ccccc2)cc1. The molecule has 3 aromatic rings. The van der Waals surface area contributed by atoms with Crippen molar-refractivity contribution < 1.29 is 23.7 Å². The summed E-state index contributed by atoms with van der Waals surface area (Å²) in [6.45, 7) is 5.34. The molecule has 1 heterocycles. The van der Waals surface area contributed by atoms with Gasteiger partial charge in [-0.3, -0.25) is 0 Å². The van der Waals surface area contributed by atoms with Crippen LogP contribution in [0, 0.1) is 23.2 Å². The fourth-order valence-electron chi connectivity index (χ4n) is 9.54. The predicted molar refractivity (Wildman–Crippen MR) is 193 cm³/mol. The smallest absolute Gasteiger partial charge is 0.113 e. The van der Waals surface area contributed by atoms with Crippen LogP contribution in [0.1, 0.15) is 74.5 Å². The van der Waals surface area contributed by atoms with Gasteiger partial charge in [0.25, 0.3) is 0 Å².